The highest BCUT2D eigenvalue weighted by Gasteiger charge is 2.25. The van der Waals surface area contributed by atoms with E-state index in [4.69, 9.17) is 9.26 Å². The van der Waals surface area contributed by atoms with Crippen molar-refractivity contribution in [2.75, 3.05) is 53.4 Å². The smallest absolute Gasteiger partial charge is 0.222 e. The maximum atomic E-state index is 11.8. The number of fused-ring (bicyclic) bond motifs is 1. The number of nitrogens with zero attached hydrogens (tertiary/aromatic N) is 4. The topological polar surface area (TPSA) is 62.1 Å². The van der Waals surface area contributed by atoms with Crippen LogP contribution in [-0.2, 0) is 17.8 Å². The number of rotatable bonds is 11. The van der Waals surface area contributed by atoms with Crippen LogP contribution in [0.4, 0.5) is 0 Å². The highest BCUT2D eigenvalue weighted by Crippen LogP contribution is 2.35. The Morgan fingerprint density at radius 2 is 1.83 bits per heavy atom. The molecule has 7 heteroatoms. The van der Waals surface area contributed by atoms with Gasteiger partial charge < -0.3 is 24.0 Å². The van der Waals surface area contributed by atoms with Gasteiger partial charge in [0.25, 0.3) is 0 Å². The molecular weight excluding hydrogens is 452 g/mol. The highest BCUT2D eigenvalue weighted by atomic mass is 16.5. The molecule has 7 nitrogen and oxygen atoms in total. The molecule has 0 atom stereocenters. The zero-order valence-electron chi connectivity index (χ0n) is 22.9. The minimum absolute atomic E-state index is 0.338. The number of carbonyl (C=O) groups excluding carboxylic acids is 1. The minimum atomic E-state index is 0.338. The van der Waals surface area contributed by atoms with Gasteiger partial charge >= 0.3 is 0 Å². The first-order valence-corrected chi connectivity index (χ1v) is 14.2. The van der Waals surface area contributed by atoms with E-state index in [0.29, 0.717) is 5.91 Å². The average molecular weight is 499 g/mol. The number of benzene rings is 1. The Morgan fingerprint density at radius 3 is 2.50 bits per heavy atom. The molecule has 0 bridgehead atoms. The van der Waals surface area contributed by atoms with Crippen LogP contribution in [0.2, 0.25) is 0 Å². The lowest BCUT2D eigenvalue weighted by Crippen LogP contribution is -2.40. The van der Waals surface area contributed by atoms with Gasteiger partial charge in [-0.3, -0.25) is 4.79 Å². The van der Waals surface area contributed by atoms with Crippen molar-refractivity contribution in [3.8, 4) is 5.75 Å². The molecule has 1 saturated carbocycles. The molecule has 0 spiro atoms. The summed E-state index contributed by atoms with van der Waals surface area (Å²) in [6.07, 6.45) is 8.92. The van der Waals surface area contributed by atoms with Gasteiger partial charge in [-0.1, -0.05) is 19.0 Å². The molecule has 0 unspecified atom stereocenters. The van der Waals surface area contributed by atoms with E-state index in [1.54, 1.807) is 0 Å². The molecule has 0 N–H and O–H groups in total. The third-order valence-electron chi connectivity index (χ3n) is 7.78. The maximum Gasteiger partial charge on any atom is 0.222 e. The van der Waals surface area contributed by atoms with Crippen LogP contribution in [0.15, 0.2) is 16.7 Å². The van der Waals surface area contributed by atoms with E-state index < -0.39 is 0 Å². The van der Waals surface area contributed by atoms with E-state index >= 15 is 0 Å². The summed E-state index contributed by atoms with van der Waals surface area (Å²) in [5.74, 6) is 2.74. The summed E-state index contributed by atoms with van der Waals surface area (Å²) >= 11 is 0. The van der Waals surface area contributed by atoms with Crippen molar-refractivity contribution in [2.45, 2.75) is 71.8 Å². The first-order valence-electron chi connectivity index (χ1n) is 14.2. The van der Waals surface area contributed by atoms with E-state index in [-0.39, 0.29) is 0 Å². The van der Waals surface area contributed by atoms with Gasteiger partial charge in [0.15, 0.2) is 5.58 Å². The second kappa shape index (κ2) is 12.9. The summed E-state index contributed by atoms with van der Waals surface area (Å²) in [5, 5.41) is 5.64. The third kappa shape index (κ3) is 7.00. The number of aryl methyl sites for hydroxylation is 1. The fraction of sp³-hybridized carbons (Fsp3) is 0.724. The molecule has 1 aromatic heterocycles. The van der Waals surface area contributed by atoms with E-state index in [1.165, 1.54) is 25.7 Å². The number of carbonyl (C=O) groups is 1. The maximum absolute atomic E-state index is 11.8. The predicted molar refractivity (Wildman–Crippen MR) is 144 cm³/mol. The normalized spacial score (nSPS) is 19.2. The van der Waals surface area contributed by atoms with Gasteiger partial charge in [0.05, 0.1) is 17.9 Å². The van der Waals surface area contributed by atoms with E-state index in [0.717, 1.165) is 111 Å². The minimum Gasteiger partial charge on any atom is -0.493 e. The summed E-state index contributed by atoms with van der Waals surface area (Å²) in [4.78, 5) is 18.6. The molecular formula is C29H46N4O3. The zero-order chi connectivity index (χ0) is 25.5. The number of ether oxygens (including phenoxy) is 1. The fourth-order valence-electron chi connectivity index (χ4n) is 5.41. The monoisotopic (exact) mass is 498 g/mol. The summed E-state index contributed by atoms with van der Waals surface area (Å²) in [6.45, 7) is 10.7. The van der Waals surface area contributed by atoms with Crippen molar-refractivity contribution in [2.24, 2.45) is 11.8 Å². The van der Waals surface area contributed by atoms with E-state index in [2.05, 4.69) is 41.2 Å². The second-order valence-corrected chi connectivity index (χ2v) is 10.8. The van der Waals surface area contributed by atoms with Crippen LogP contribution in [0.3, 0.4) is 0 Å². The summed E-state index contributed by atoms with van der Waals surface area (Å²) in [6, 6.07) is 4.26. The molecule has 2 saturated heterocycles. The van der Waals surface area contributed by atoms with Crippen LogP contribution in [0.1, 0.15) is 70.1 Å². The molecule has 5 rings (SSSR count). The number of hydrogen-bond donors (Lipinski definition) is 0. The van der Waals surface area contributed by atoms with Crippen molar-refractivity contribution in [3.63, 3.8) is 0 Å². The van der Waals surface area contributed by atoms with Crippen LogP contribution < -0.4 is 4.74 Å². The van der Waals surface area contributed by atoms with E-state index in [9.17, 15) is 4.79 Å². The molecule has 2 aromatic rings. The first kappa shape index (κ1) is 26.9. The summed E-state index contributed by atoms with van der Waals surface area (Å²) in [5.41, 5.74) is 3.09. The van der Waals surface area contributed by atoms with Gasteiger partial charge in [0.1, 0.15) is 5.75 Å². The lowest BCUT2D eigenvalue weighted by atomic mass is 9.91. The van der Waals surface area contributed by atoms with Crippen LogP contribution in [0, 0.1) is 11.8 Å². The lowest BCUT2D eigenvalue weighted by molar-refractivity contribution is -0.127. The SMILES string of the molecule is CC.CN(C)Cc1c(OCC2CC2)ccc2c(CCC3CCN(CCN4CCCC4=O)CC3)noc12. The van der Waals surface area contributed by atoms with Gasteiger partial charge in [-0.15, -0.1) is 0 Å². The standard InChI is InChI=1S/C27H40N4O3.C2H6/c1-29(2)18-23-25(33-19-21-5-6-21)10-8-22-24(28-34-27(22)23)9-7-20-11-14-30(15-12-20)16-17-31-13-3-4-26(31)32;1-2/h8,10,20-21H,3-7,9,11-19H2,1-2H3;1-2H3. The number of likely N-dealkylation sites (tertiary alicyclic amines) is 2. The van der Waals surface area contributed by atoms with Crippen molar-refractivity contribution >= 4 is 16.9 Å². The second-order valence-electron chi connectivity index (χ2n) is 10.8. The molecule has 1 aliphatic carbocycles. The first-order chi connectivity index (χ1) is 17.6. The molecule has 2 aliphatic heterocycles. The van der Waals surface area contributed by atoms with E-state index in [1.807, 2.05) is 18.7 Å². The van der Waals surface area contributed by atoms with Crippen LogP contribution >= 0.6 is 0 Å². The van der Waals surface area contributed by atoms with Gasteiger partial charge in [-0.25, -0.2) is 0 Å². The van der Waals surface area contributed by atoms with Crippen molar-refractivity contribution in [1.82, 2.24) is 19.9 Å². The number of amides is 1. The number of hydrogen-bond acceptors (Lipinski definition) is 6. The molecule has 200 valence electrons. The van der Waals surface area contributed by atoms with Gasteiger partial charge in [-0.05, 0) is 96.1 Å². The molecule has 0 radical (unpaired) electrons. The molecule has 1 amide bonds. The summed E-state index contributed by atoms with van der Waals surface area (Å²) in [7, 11) is 4.16. The molecule has 1 aromatic carbocycles. The van der Waals surface area contributed by atoms with Gasteiger partial charge in [0, 0.05) is 38.0 Å². The molecule has 3 aliphatic rings. The predicted octanol–water partition coefficient (Wildman–Crippen LogP) is 4.97. The van der Waals surface area contributed by atoms with Crippen molar-refractivity contribution in [3.05, 3.63) is 23.4 Å². The molecule has 36 heavy (non-hydrogen) atoms. The summed E-state index contributed by atoms with van der Waals surface area (Å²) < 4.78 is 12.1. The molecule has 3 fully saturated rings. The average Bonchev–Trinajstić information content (AvgIpc) is 3.49. The Labute approximate surface area is 217 Å². The Bertz CT molecular complexity index is 976. The van der Waals surface area contributed by atoms with Crippen LogP contribution in [0.5, 0.6) is 5.75 Å². The van der Waals surface area contributed by atoms with Crippen molar-refractivity contribution in [1.29, 1.82) is 0 Å². The lowest BCUT2D eigenvalue weighted by Gasteiger charge is -2.33. The Morgan fingerprint density at radius 1 is 1.06 bits per heavy atom. The number of piperidine rings is 1. The Balaban J connectivity index is 0.00000148. The van der Waals surface area contributed by atoms with Crippen LogP contribution in [-0.4, -0.2) is 79.2 Å². The van der Waals surface area contributed by atoms with Crippen molar-refractivity contribution < 1.29 is 14.1 Å². The zero-order valence-corrected chi connectivity index (χ0v) is 22.9. The third-order valence-corrected chi connectivity index (χ3v) is 7.78. The Hall–Kier alpha value is -2.12. The fourth-order valence-corrected chi connectivity index (χ4v) is 5.41. The highest BCUT2D eigenvalue weighted by molar-refractivity contribution is 5.84. The van der Waals surface area contributed by atoms with Gasteiger partial charge in [-0.2, -0.15) is 0 Å². The Kier molecular flexibility index (Phi) is 9.66. The van der Waals surface area contributed by atoms with Crippen LogP contribution in [0.25, 0.3) is 11.0 Å². The largest absolute Gasteiger partial charge is 0.493 e. The quantitative estimate of drug-likeness (QED) is 0.436. The number of aromatic nitrogens is 1. The molecule has 3 heterocycles. The van der Waals surface area contributed by atoms with Gasteiger partial charge in [0.2, 0.25) is 5.91 Å².